The molecule has 0 aliphatic rings. The first-order chi connectivity index (χ1) is 9.15. The maximum atomic E-state index is 5.75. The lowest BCUT2D eigenvalue weighted by atomic mass is 10.2. The summed E-state index contributed by atoms with van der Waals surface area (Å²) in [4.78, 5) is 4.31. The molecular formula is C15H19BrN2O. The number of aromatic nitrogens is 1. The van der Waals surface area contributed by atoms with Crippen LogP contribution in [0.15, 0.2) is 39.4 Å². The summed E-state index contributed by atoms with van der Waals surface area (Å²) >= 11 is 3.42. The van der Waals surface area contributed by atoms with Crippen LogP contribution in [0.5, 0.6) is 0 Å². The predicted molar refractivity (Wildman–Crippen MR) is 81.1 cm³/mol. The van der Waals surface area contributed by atoms with Gasteiger partial charge in [-0.2, -0.15) is 0 Å². The number of hydrogen-bond acceptors (Lipinski definition) is 3. The van der Waals surface area contributed by atoms with Crippen molar-refractivity contribution in [3.05, 3.63) is 40.8 Å². The average Bonchev–Trinajstić information content (AvgIpc) is 2.84. The lowest BCUT2D eigenvalue weighted by Gasteiger charge is -2.05. The lowest BCUT2D eigenvalue weighted by molar-refractivity contribution is 0.483. The summed E-state index contributed by atoms with van der Waals surface area (Å²) in [7, 11) is 0. The number of hydrogen-bond donors (Lipinski definition) is 1. The molecule has 0 unspecified atom stereocenters. The summed E-state index contributed by atoms with van der Waals surface area (Å²) in [6.45, 7) is 6.33. The first-order valence-electron chi connectivity index (χ1n) is 6.56. The largest absolute Gasteiger partial charge is 0.441 e. The zero-order chi connectivity index (χ0) is 13.7. The van der Waals surface area contributed by atoms with Gasteiger partial charge >= 0.3 is 0 Å². The molecule has 0 saturated carbocycles. The van der Waals surface area contributed by atoms with Gasteiger partial charge in [-0.15, -0.1) is 0 Å². The Morgan fingerprint density at radius 2 is 2.00 bits per heavy atom. The molecule has 2 rings (SSSR count). The fraction of sp³-hybridized carbons (Fsp3) is 0.400. The number of nitrogens with zero attached hydrogens (tertiary/aromatic N) is 1. The second-order valence-electron chi connectivity index (χ2n) is 4.97. The minimum atomic E-state index is 0.669. The molecule has 1 aromatic heterocycles. The van der Waals surface area contributed by atoms with Crippen molar-refractivity contribution in [1.29, 1.82) is 0 Å². The summed E-state index contributed by atoms with van der Waals surface area (Å²) in [5.74, 6) is 2.28. The van der Waals surface area contributed by atoms with Crippen LogP contribution in [0.4, 0.5) is 0 Å². The van der Waals surface area contributed by atoms with Gasteiger partial charge in [-0.1, -0.05) is 41.9 Å². The third-order valence-corrected chi connectivity index (χ3v) is 3.28. The van der Waals surface area contributed by atoms with Crippen LogP contribution in [-0.4, -0.2) is 18.1 Å². The Morgan fingerprint density at radius 1 is 1.26 bits per heavy atom. The van der Waals surface area contributed by atoms with Crippen molar-refractivity contribution in [1.82, 2.24) is 10.3 Å². The van der Waals surface area contributed by atoms with Crippen LogP contribution >= 0.6 is 15.9 Å². The zero-order valence-corrected chi connectivity index (χ0v) is 12.9. The molecule has 1 heterocycles. The SMILES string of the molecule is CC(C)CNCCc1ncc(-c2ccc(Br)cc2)o1. The lowest BCUT2D eigenvalue weighted by Crippen LogP contribution is -2.22. The van der Waals surface area contributed by atoms with Crippen LogP contribution in [0.1, 0.15) is 19.7 Å². The van der Waals surface area contributed by atoms with Gasteiger partial charge in [-0.3, -0.25) is 0 Å². The summed E-state index contributed by atoms with van der Waals surface area (Å²) in [6, 6.07) is 8.04. The Morgan fingerprint density at radius 3 is 2.68 bits per heavy atom. The summed E-state index contributed by atoms with van der Waals surface area (Å²) < 4.78 is 6.81. The molecule has 0 aliphatic heterocycles. The van der Waals surface area contributed by atoms with Gasteiger partial charge in [0.05, 0.1) is 6.20 Å². The number of oxazole rings is 1. The van der Waals surface area contributed by atoms with E-state index in [2.05, 4.69) is 40.1 Å². The molecule has 1 aromatic carbocycles. The normalized spacial score (nSPS) is 11.2. The van der Waals surface area contributed by atoms with E-state index in [0.717, 1.165) is 41.2 Å². The third kappa shape index (κ3) is 4.48. The maximum absolute atomic E-state index is 5.75. The molecule has 0 radical (unpaired) electrons. The Bertz CT molecular complexity index is 505. The van der Waals surface area contributed by atoms with Crippen LogP contribution in [0.3, 0.4) is 0 Å². The van der Waals surface area contributed by atoms with Crippen molar-refractivity contribution < 1.29 is 4.42 Å². The van der Waals surface area contributed by atoms with Crippen molar-refractivity contribution >= 4 is 15.9 Å². The average molecular weight is 323 g/mol. The van der Waals surface area contributed by atoms with E-state index in [4.69, 9.17) is 4.42 Å². The molecule has 0 saturated heterocycles. The molecule has 4 heteroatoms. The van der Waals surface area contributed by atoms with Gasteiger partial charge in [0.2, 0.25) is 0 Å². The van der Waals surface area contributed by atoms with Crippen LogP contribution < -0.4 is 5.32 Å². The number of nitrogens with one attached hydrogen (secondary N) is 1. The van der Waals surface area contributed by atoms with E-state index in [1.54, 1.807) is 6.20 Å². The standard InChI is InChI=1S/C15H19BrN2O/c1-11(2)9-17-8-7-15-18-10-14(19-15)12-3-5-13(16)6-4-12/h3-6,10-11,17H,7-9H2,1-2H3. The van der Waals surface area contributed by atoms with E-state index in [-0.39, 0.29) is 0 Å². The molecule has 2 aromatic rings. The van der Waals surface area contributed by atoms with Crippen LogP contribution in [0.25, 0.3) is 11.3 Å². The second-order valence-corrected chi connectivity index (χ2v) is 5.89. The first kappa shape index (κ1) is 14.3. The van der Waals surface area contributed by atoms with Crippen molar-refractivity contribution in [3.8, 4) is 11.3 Å². The van der Waals surface area contributed by atoms with Gasteiger partial charge in [0.25, 0.3) is 0 Å². The third-order valence-electron chi connectivity index (χ3n) is 2.75. The highest BCUT2D eigenvalue weighted by Crippen LogP contribution is 2.22. The zero-order valence-electron chi connectivity index (χ0n) is 11.3. The maximum Gasteiger partial charge on any atom is 0.196 e. The first-order valence-corrected chi connectivity index (χ1v) is 7.36. The number of rotatable bonds is 6. The van der Waals surface area contributed by atoms with Gasteiger partial charge in [0.15, 0.2) is 11.7 Å². The molecule has 19 heavy (non-hydrogen) atoms. The molecule has 0 aliphatic carbocycles. The van der Waals surface area contributed by atoms with Gasteiger partial charge < -0.3 is 9.73 Å². The van der Waals surface area contributed by atoms with Crippen molar-refractivity contribution in [2.24, 2.45) is 5.92 Å². The fourth-order valence-corrected chi connectivity index (χ4v) is 2.02. The van der Waals surface area contributed by atoms with E-state index < -0.39 is 0 Å². The Hall–Kier alpha value is -1.13. The van der Waals surface area contributed by atoms with E-state index >= 15 is 0 Å². The van der Waals surface area contributed by atoms with Crippen LogP contribution in [0.2, 0.25) is 0 Å². The van der Waals surface area contributed by atoms with Crippen LogP contribution in [-0.2, 0) is 6.42 Å². The molecular weight excluding hydrogens is 304 g/mol. The molecule has 0 spiro atoms. The molecule has 0 atom stereocenters. The highest BCUT2D eigenvalue weighted by atomic mass is 79.9. The van der Waals surface area contributed by atoms with E-state index in [1.807, 2.05) is 24.3 Å². The van der Waals surface area contributed by atoms with Crippen LogP contribution in [0, 0.1) is 5.92 Å². The van der Waals surface area contributed by atoms with E-state index in [9.17, 15) is 0 Å². The summed E-state index contributed by atoms with van der Waals surface area (Å²) in [6.07, 6.45) is 2.62. The number of benzene rings is 1. The summed E-state index contributed by atoms with van der Waals surface area (Å²) in [5.41, 5.74) is 1.05. The minimum absolute atomic E-state index is 0.669. The molecule has 0 amide bonds. The Balaban J connectivity index is 1.90. The molecule has 3 nitrogen and oxygen atoms in total. The van der Waals surface area contributed by atoms with E-state index in [0.29, 0.717) is 5.92 Å². The van der Waals surface area contributed by atoms with Crippen molar-refractivity contribution in [2.75, 3.05) is 13.1 Å². The Kier molecular flexibility index (Phi) is 5.16. The highest BCUT2D eigenvalue weighted by molar-refractivity contribution is 9.10. The predicted octanol–water partition coefficient (Wildman–Crippen LogP) is 3.89. The van der Waals surface area contributed by atoms with Gasteiger partial charge in [-0.05, 0) is 24.6 Å². The highest BCUT2D eigenvalue weighted by Gasteiger charge is 2.06. The molecule has 0 fully saturated rings. The van der Waals surface area contributed by atoms with Gasteiger partial charge in [0, 0.05) is 23.0 Å². The molecule has 1 N–H and O–H groups in total. The van der Waals surface area contributed by atoms with E-state index in [1.165, 1.54) is 0 Å². The van der Waals surface area contributed by atoms with Crippen molar-refractivity contribution in [3.63, 3.8) is 0 Å². The second kappa shape index (κ2) is 6.87. The van der Waals surface area contributed by atoms with Crippen molar-refractivity contribution in [2.45, 2.75) is 20.3 Å². The number of halogens is 1. The minimum Gasteiger partial charge on any atom is -0.441 e. The Labute approximate surface area is 122 Å². The van der Waals surface area contributed by atoms with Gasteiger partial charge in [-0.25, -0.2) is 4.98 Å². The quantitative estimate of drug-likeness (QED) is 0.820. The monoisotopic (exact) mass is 322 g/mol. The topological polar surface area (TPSA) is 38.1 Å². The van der Waals surface area contributed by atoms with Gasteiger partial charge in [0.1, 0.15) is 0 Å². The fourth-order valence-electron chi connectivity index (χ4n) is 1.76. The molecule has 0 bridgehead atoms. The smallest absolute Gasteiger partial charge is 0.196 e. The molecule has 102 valence electrons. The summed E-state index contributed by atoms with van der Waals surface area (Å²) in [5, 5.41) is 3.38.